The third-order valence-electron chi connectivity index (χ3n) is 4.44. The van der Waals surface area contributed by atoms with Gasteiger partial charge in [-0.2, -0.15) is 0 Å². The summed E-state index contributed by atoms with van der Waals surface area (Å²) < 4.78 is 5.79. The van der Waals surface area contributed by atoms with Gasteiger partial charge in [-0.05, 0) is 43.0 Å². The normalized spacial score (nSPS) is 15.3. The van der Waals surface area contributed by atoms with Gasteiger partial charge < -0.3 is 9.84 Å². The zero-order chi connectivity index (χ0) is 16.2. The summed E-state index contributed by atoms with van der Waals surface area (Å²) in [6.07, 6.45) is 0.585. The molecule has 0 aliphatic carbocycles. The van der Waals surface area contributed by atoms with Crippen LogP contribution in [0.15, 0.2) is 42.5 Å². The molecule has 0 radical (unpaired) electrons. The first kappa shape index (κ1) is 18.8. The Morgan fingerprint density at radius 1 is 1.12 bits per heavy atom. The number of benzene rings is 2. The van der Waals surface area contributed by atoms with E-state index in [-0.39, 0.29) is 12.4 Å². The first-order valence-corrected chi connectivity index (χ1v) is 8.29. The molecule has 0 bridgehead atoms. The average Bonchev–Trinajstić information content (AvgIpc) is 2.54. The molecule has 3 rings (SSSR count). The standard InChI is InChI=1S/C20H25NO2.ClH/c1-15-7-8-20(16(2)11-15)23-14-19(22)13-21-10-9-17-5-3-4-6-18(17)12-21;/h3-8,11,19,22H,9-10,12-14H2,1-2H3;1H. The summed E-state index contributed by atoms with van der Waals surface area (Å²) in [5.74, 6) is 0.860. The van der Waals surface area contributed by atoms with Gasteiger partial charge in [0.1, 0.15) is 18.5 Å². The lowest BCUT2D eigenvalue weighted by Crippen LogP contribution is -2.38. The molecule has 0 spiro atoms. The monoisotopic (exact) mass is 347 g/mol. The van der Waals surface area contributed by atoms with Gasteiger partial charge in [-0.1, -0.05) is 42.0 Å². The number of ether oxygens (including phenoxy) is 1. The third kappa shape index (κ3) is 4.73. The van der Waals surface area contributed by atoms with E-state index in [1.807, 2.05) is 19.1 Å². The van der Waals surface area contributed by atoms with Crippen LogP contribution < -0.4 is 4.74 Å². The maximum absolute atomic E-state index is 10.3. The van der Waals surface area contributed by atoms with Gasteiger partial charge in [-0.15, -0.1) is 12.4 Å². The Hall–Kier alpha value is -1.55. The van der Waals surface area contributed by atoms with Crippen molar-refractivity contribution in [3.63, 3.8) is 0 Å². The van der Waals surface area contributed by atoms with Crippen molar-refractivity contribution in [1.29, 1.82) is 0 Å². The van der Waals surface area contributed by atoms with Crippen molar-refractivity contribution >= 4 is 12.4 Å². The molecule has 1 N–H and O–H groups in total. The summed E-state index contributed by atoms with van der Waals surface area (Å²) >= 11 is 0. The molecule has 0 fully saturated rings. The van der Waals surface area contributed by atoms with Crippen LogP contribution in [0.4, 0.5) is 0 Å². The Bertz CT molecular complexity index is 674. The number of fused-ring (bicyclic) bond motifs is 1. The highest BCUT2D eigenvalue weighted by Crippen LogP contribution is 2.20. The summed E-state index contributed by atoms with van der Waals surface area (Å²) in [7, 11) is 0. The van der Waals surface area contributed by atoms with E-state index in [1.54, 1.807) is 0 Å². The Morgan fingerprint density at radius 3 is 2.62 bits per heavy atom. The first-order valence-electron chi connectivity index (χ1n) is 8.29. The van der Waals surface area contributed by atoms with Crippen LogP contribution >= 0.6 is 12.4 Å². The van der Waals surface area contributed by atoms with Crippen LogP contribution in [0, 0.1) is 13.8 Å². The second kappa shape index (κ2) is 8.52. The lowest BCUT2D eigenvalue weighted by molar-refractivity contribution is 0.0635. The maximum Gasteiger partial charge on any atom is 0.122 e. The molecule has 1 aliphatic heterocycles. The molecule has 1 aliphatic rings. The third-order valence-corrected chi connectivity index (χ3v) is 4.44. The van der Waals surface area contributed by atoms with Gasteiger partial charge >= 0.3 is 0 Å². The Balaban J connectivity index is 0.00000208. The second-order valence-electron chi connectivity index (χ2n) is 6.49. The molecule has 24 heavy (non-hydrogen) atoms. The van der Waals surface area contributed by atoms with Crippen molar-refractivity contribution in [1.82, 2.24) is 4.90 Å². The van der Waals surface area contributed by atoms with E-state index in [2.05, 4.69) is 42.2 Å². The predicted octanol–water partition coefficient (Wildman–Crippen LogP) is 3.52. The lowest BCUT2D eigenvalue weighted by Gasteiger charge is -2.30. The summed E-state index contributed by atoms with van der Waals surface area (Å²) in [4.78, 5) is 2.30. The van der Waals surface area contributed by atoms with Gasteiger partial charge in [0.25, 0.3) is 0 Å². The van der Waals surface area contributed by atoms with Crippen LogP contribution in [0.25, 0.3) is 0 Å². The van der Waals surface area contributed by atoms with Crippen molar-refractivity contribution in [2.75, 3.05) is 19.7 Å². The minimum absolute atomic E-state index is 0. The van der Waals surface area contributed by atoms with E-state index < -0.39 is 6.10 Å². The minimum atomic E-state index is -0.471. The molecule has 1 unspecified atom stereocenters. The number of halogens is 1. The number of rotatable bonds is 5. The number of aliphatic hydroxyl groups is 1. The average molecular weight is 348 g/mol. The highest BCUT2D eigenvalue weighted by Gasteiger charge is 2.18. The molecular formula is C20H26ClNO2. The molecule has 4 heteroatoms. The molecule has 0 aromatic heterocycles. The van der Waals surface area contributed by atoms with Crippen LogP contribution in [0.5, 0.6) is 5.75 Å². The van der Waals surface area contributed by atoms with Crippen LogP contribution in [-0.4, -0.2) is 35.8 Å². The van der Waals surface area contributed by atoms with Crippen molar-refractivity contribution in [3.05, 3.63) is 64.7 Å². The molecule has 1 atom stereocenters. The minimum Gasteiger partial charge on any atom is -0.491 e. The predicted molar refractivity (Wildman–Crippen MR) is 100 cm³/mol. The summed E-state index contributed by atoms with van der Waals surface area (Å²) in [6.45, 7) is 7.01. The quantitative estimate of drug-likeness (QED) is 0.898. The Kier molecular flexibility index (Phi) is 6.67. The van der Waals surface area contributed by atoms with Crippen LogP contribution in [-0.2, 0) is 13.0 Å². The Labute approximate surface area is 150 Å². The fourth-order valence-corrected chi connectivity index (χ4v) is 3.21. The number of hydrogen-bond donors (Lipinski definition) is 1. The van der Waals surface area contributed by atoms with E-state index in [4.69, 9.17) is 4.74 Å². The van der Waals surface area contributed by atoms with E-state index in [9.17, 15) is 5.11 Å². The van der Waals surface area contributed by atoms with Crippen LogP contribution in [0.1, 0.15) is 22.3 Å². The number of β-amino-alcohol motifs (C(OH)–C–C–N with tert-alkyl or cyclic N) is 1. The van der Waals surface area contributed by atoms with E-state index in [1.165, 1.54) is 16.7 Å². The van der Waals surface area contributed by atoms with Crippen molar-refractivity contribution in [2.24, 2.45) is 0 Å². The number of aryl methyl sites for hydroxylation is 2. The smallest absolute Gasteiger partial charge is 0.122 e. The van der Waals surface area contributed by atoms with Crippen LogP contribution in [0.3, 0.4) is 0 Å². The van der Waals surface area contributed by atoms with E-state index >= 15 is 0 Å². The molecular weight excluding hydrogens is 322 g/mol. The Morgan fingerprint density at radius 2 is 1.88 bits per heavy atom. The second-order valence-corrected chi connectivity index (χ2v) is 6.49. The van der Waals surface area contributed by atoms with Gasteiger partial charge in [0.15, 0.2) is 0 Å². The molecule has 0 saturated heterocycles. The highest BCUT2D eigenvalue weighted by atomic mass is 35.5. The van der Waals surface area contributed by atoms with Gasteiger partial charge in [0.05, 0.1) is 0 Å². The zero-order valence-corrected chi connectivity index (χ0v) is 15.2. The molecule has 2 aromatic carbocycles. The number of aliphatic hydroxyl groups excluding tert-OH is 1. The summed E-state index contributed by atoms with van der Waals surface area (Å²) in [6, 6.07) is 14.7. The molecule has 2 aromatic rings. The van der Waals surface area contributed by atoms with Gasteiger partial charge in [-0.25, -0.2) is 0 Å². The number of hydrogen-bond acceptors (Lipinski definition) is 3. The molecule has 0 saturated carbocycles. The molecule has 130 valence electrons. The SMILES string of the molecule is Cc1ccc(OCC(O)CN2CCc3ccccc3C2)c(C)c1.Cl. The number of nitrogens with zero attached hydrogens (tertiary/aromatic N) is 1. The fourth-order valence-electron chi connectivity index (χ4n) is 3.21. The van der Waals surface area contributed by atoms with Gasteiger partial charge in [-0.3, -0.25) is 4.90 Å². The molecule has 0 amide bonds. The summed E-state index contributed by atoms with van der Waals surface area (Å²) in [5.41, 5.74) is 5.15. The zero-order valence-electron chi connectivity index (χ0n) is 14.4. The fraction of sp³-hybridized carbons (Fsp3) is 0.400. The largest absolute Gasteiger partial charge is 0.491 e. The van der Waals surface area contributed by atoms with Crippen molar-refractivity contribution in [3.8, 4) is 5.75 Å². The topological polar surface area (TPSA) is 32.7 Å². The van der Waals surface area contributed by atoms with Gasteiger partial charge in [0.2, 0.25) is 0 Å². The summed E-state index contributed by atoms with van der Waals surface area (Å²) in [5, 5.41) is 10.3. The van der Waals surface area contributed by atoms with Crippen molar-refractivity contribution in [2.45, 2.75) is 32.9 Å². The van der Waals surface area contributed by atoms with Crippen molar-refractivity contribution < 1.29 is 9.84 Å². The molecule has 1 heterocycles. The van der Waals surface area contributed by atoms with Gasteiger partial charge in [0, 0.05) is 19.6 Å². The molecule has 3 nitrogen and oxygen atoms in total. The highest BCUT2D eigenvalue weighted by molar-refractivity contribution is 5.85. The first-order chi connectivity index (χ1) is 11.1. The lowest BCUT2D eigenvalue weighted by atomic mass is 10.00. The van der Waals surface area contributed by atoms with E-state index in [0.29, 0.717) is 13.2 Å². The van der Waals surface area contributed by atoms with Crippen LogP contribution in [0.2, 0.25) is 0 Å². The maximum atomic E-state index is 10.3. The van der Waals surface area contributed by atoms with E-state index in [0.717, 1.165) is 30.8 Å².